The van der Waals surface area contributed by atoms with E-state index in [1.807, 2.05) is 22.8 Å². The van der Waals surface area contributed by atoms with Crippen LogP contribution in [0, 0.1) is 6.92 Å². The van der Waals surface area contributed by atoms with Gasteiger partial charge in [-0.1, -0.05) is 12.6 Å². The topological polar surface area (TPSA) is 82.9 Å². The number of rotatable bonds is 7. The molecule has 1 spiro atoms. The van der Waals surface area contributed by atoms with Crippen molar-refractivity contribution in [3.05, 3.63) is 53.9 Å². The molecule has 4 heterocycles. The first kappa shape index (κ1) is 26.3. The lowest BCUT2D eigenvalue weighted by molar-refractivity contribution is -0.132. The summed E-state index contributed by atoms with van der Waals surface area (Å²) in [6.45, 7) is 12.9. The highest BCUT2D eigenvalue weighted by Gasteiger charge is 2.43. The number of amides is 2. The molecule has 0 bridgehead atoms. The summed E-state index contributed by atoms with van der Waals surface area (Å²) in [6.07, 6.45) is 8.11. The fourth-order valence-corrected chi connectivity index (χ4v) is 6.20. The van der Waals surface area contributed by atoms with E-state index in [4.69, 9.17) is 4.74 Å². The van der Waals surface area contributed by atoms with Gasteiger partial charge in [-0.15, -0.1) is 5.10 Å². The molecule has 3 fully saturated rings. The Morgan fingerprint density at radius 1 is 1.03 bits per heavy atom. The van der Waals surface area contributed by atoms with Gasteiger partial charge >= 0.3 is 6.03 Å². The van der Waals surface area contributed by atoms with Crippen LogP contribution in [0.25, 0.3) is 0 Å². The number of aromatic nitrogens is 2. The SMILES string of the molecule is C=C(C)Nc1ccn(C(=O)N2CCC3(CCCN3Cc3cc(C)cc(OCC(=O)N4CCCC4)c3)CC2)n1. The molecule has 3 saturated heterocycles. The van der Waals surface area contributed by atoms with Crippen molar-refractivity contribution in [1.29, 1.82) is 0 Å². The first-order chi connectivity index (χ1) is 18.3. The number of hydrogen-bond donors (Lipinski definition) is 1. The maximum atomic E-state index is 13.1. The van der Waals surface area contributed by atoms with E-state index in [1.165, 1.54) is 16.7 Å². The molecular weight excluding hydrogens is 480 g/mol. The molecule has 2 aromatic rings. The number of aryl methyl sites for hydroxylation is 1. The zero-order valence-corrected chi connectivity index (χ0v) is 22.7. The molecule has 1 N–H and O–H groups in total. The van der Waals surface area contributed by atoms with E-state index in [0.717, 1.165) is 88.4 Å². The molecule has 1 aromatic heterocycles. The van der Waals surface area contributed by atoms with Crippen LogP contribution in [0.4, 0.5) is 10.6 Å². The van der Waals surface area contributed by atoms with E-state index < -0.39 is 0 Å². The van der Waals surface area contributed by atoms with Crippen LogP contribution in [0.5, 0.6) is 5.75 Å². The molecule has 204 valence electrons. The van der Waals surface area contributed by atoms with Crippen molar-refractivity contribution in [3.8, 4) is 5.75 Å². The Bertz CT molecular complexity index is 1180. The van der Waals surface area contributed by atoms with Gasteiger partial charge in [0.15, 0.2) is 12.4 Å². The highest BCUT2D eigenvalue weighted by atomic mass is 16.5. The standard InChI is InChI=1S/C29H40N6O3/c1-22(2)30-26-7-14-35(31-26)28(37)33-15-9-29(10-16-33)8-6-13-34(29)20-24-17-23(3)18-25(19-24)38-21-27(36)32-11-4-5-12-32/h7,14,17-19H,1,4-6,8-13,15-16,20-21H2,2-3H3,(H,30,31). The van der Waals surface area contributed by atoms with Crippen LogP contribution in [0.2, 0.25) is 0 Å². The van der Waals surface area contributed by atoms with Crippen molar-refractivity contribution >= 4 is 17.8 Å². The van der Waals surface area contributed by atoms with Crippen molar-refractivity contribution in [1.82, 2.24) is 24.5 Å². The fourth-order valence-electron chi connectivity index (χ4n) is 6.20. The number of nitrogens with zero attached hydrogens (tertiary/aromatic N) is 5. The van der Waals surface area contributed by atoms with Gasteiger partial charge in [0.1, 0.15) is 5.75 Å². The van der Waals surface area contributed by atoms with E-state index >= 15 is 0 Å². The lowest BCUT2D eigenvalue weighted by atomic mass is 9.84. The van der Waals surface area contributed by atoms with Crippen LogP contribution >= 0.6 is 0 Å². The first-order valence-corrected chi connectivity index (χ1v) is 13.9. The van der Waals surface area contributed by atoms with Gasteiger partial charge in [0.2, 0.25) is 0 Å². The summed E-state index contributed by atoms with van der Waals surface area (Å²) in [6, 6.07) is 8.02. The summed E-state index contributed by atoms with van der Waals surface area (Å²) < 4.78 is 7.35. The molecule has 0 unspecified atom stereocenters. The predicted molar refractivity (Wildman–Crippen MR) is 147 cm³/mol. The smallest absolute Gasteiger partial charge is 0.344 e. The molecule has 3 aliphatic rings. The number of hydrogen-bond acceptors (Lipinski definition) is 6. The molecule has 0 radical (unpaired) electrons. The van der Waals surface area contributed by atoms with E-state index in [2.05, 4.69) is 41.0 Å². The van der Waals surface area contributed by atoms with Gasteiger partial charge < -0.3 is 19.9 Å². The zero-order chi connectivity index (χ0) is 26.7. The number of carbonyl (C=O) groups excluding carboxylic acids is 2. The molecule has 3 aliphatic heterocycles. The second-order valence-corrected chi connectivity index (χ2v) is 11.1. The highest BCUT2D eigenvalue weighted by molar-refractivity contribution is 5.78. The fraction of sp³-hybridized carbons (Fsp3) is 0.552. The van der Waals surface area contributed by atoms with Gasteiger partial charge in [0.05, 0.1) is 0 Å². The summed E-state index contributed by atoms with van der Waals surface area (Å²) in [5.41, 5.74) is 3.25. The quantitative estimate of drug-likeness (QED) is 0.588. The monoisotopic (exact) mass is 520 g/mol. The Morgan fingerprint density at radius 3 is 2.53 bits per heavy atom. The Hall–Kier alpha value is -3.33. The Morgan fingerprint density at radius 2 is 1.79 bits per heavy atom. The number of ether oxygens (including phenoxy) is 1. The number of likely N-dealkylation sites (tertiary alicyclic amines) is 3. The van der Waals surface area contributed by atoms with Crippen molar-refractivity contribution in [2.24, 2.45) is 0 Å². The van der Waals surface area contributed by atoms with Crippen LogP contribution in [-0.2, 0) is 11.3 Å². The molecule has 9 heteroatoms. The molecule has 5 rings (SSSR count). The number of anilines is 1. The third-order valence-corrected chi connectivity index (χ3v) is 8.14. The van der Waals surface area contributed by atoms with Gasteiger partial charge in [-0.05, 0) is 82.2 Å². The first-order valence-electron chi connectivity index (χ1n) is 13.9. The van der Waals surface area contributed by atoms with Gasteiger partial charge in [0.25, 0.3) is 5.91 Å². The van der Waals surface area contributed by atoms with E-state index in [-0.39, 0.29) is 24.1 Å². The molecule has 0 atom stereocenters. The molecule has 2 amide bonds. The minimum atomic E-state index is -0.0804. The van der Waals surface area contributed by atoms with Crippen LogP contribution in [0.3, 0.4) is 0 Å². The summed E-state index contributed by atoms with van der Waals surface area (Å²) in [4.78, 5) is 31.9. The molecule has 0 saturated carbocycles. The maximum Gasteiger partial charge on any atom is 0.344 e. The van der Waals surface area contributed by atoms with Crippen molar-refractivity contribution in [2.45, 2.75) is 64.5 Å². The minimum absolute atomic E-state index is 0.0729. The number of carbonyl (C=O) groups is 2. The molecule has 38 heavy (non-hydrogen) atoms. The number of piperidine rings is 1. The average molecular weight is 521 g/mol. The third kappa shape index (κ3) is 5.88. The average Bonchev–Trinajstić information content (AvgIpc) is 3.65. The lowest BCUT2D eigenvalue weighted by Gasteiger charge is -2.45. The van der Waals surface area contributed by atoms with Gasteiger partial charge in [-0.25, -0.2) is 4.79 Å². The Labute approximate surface area is 225 Å². The van der Waals surface area contributed by atoms with Gasteiger partial charge in [-0.3, -0.25) is 9.69 Å². The number of benzene rings is 1. The summed E-state index contributed by atoms with van der Waals surface area (Å²) in [7, 11) is 0. The van der Waals surface area contributed by atoms with Crippen LogP contribution < -0.4 is 10.1 Å². The second-order valence-electron chi connectivity index (χ2n) is 11.1. The normalized spacial score (nSPS) is 19.2. The van der Waals surface area contributed by atoms with Crippen molar-refractivity contribution < 1.29 is 14.3 Å². The second kappa shape index (κ2) is 11.2. The molecular formula is C29H40N6O3. The predicted octanol–water partition coefficient (Wildman–Crippen LogP) is 4.24. The summed E-state index contributed by atoms with van der Waals surface area (Å²) in [5, 5.41) is 7.41. The molecule has 0 aliphatic carbocycles. The van der Waals surface area contributed by atoms with E-state index in [9.17, 15) is 9.59 Å². The largest absolute Gasteiger partial charge is 0.484 e. The van der Waals surface area contributed by atoms with Crippen LogP contribution in [-0.4, -0.2) is 81.3 Å². The highest BCUT2D eigenvalue weighted by Crippen LogP contribution is 2.40. The van der Waals surface area contributed by atoms with E-state index in [0.29, 0.717) is 5.82 Å². The molecule has 1 aromatic carbocycles. The van der Waals surface area contributed by atoms with Crippen LogP contribution in [0.1, 0.15) is 56.6 Å². The van der Waals surface area contributed by atoms with E-state index in [1.54, 1.807) is 12.3 Å². The Balaban J connectivity index is 1.18. The van der Waals surface area contributed by atoms with Gasteiger partial charge in [-0.2, -0.15) is 4.68 Å². The number of allylic oxidation sites excluding steroid dienone is 1. The zero-order valence-electron chi connectivity index (χ0n) is 22.7. The Kier molecular flexibility index (Phi) is 7.74. The lowest BCUT2D eigenvalue weighted by Crippen LogP contribution is -2.53. The van der Waals surface area contributed by atoms with Crippen molar-refractivity contribution in [3.63, 3.8) is 0 Å². The van der Waals surface area contributed by atoms with Crippen molar-refractivity contribution in [2.75, 3.05) is 44.6 Å². The third-order valence-electron chi connectivity index (χ3n) is 8.14. The summed E-state index contributed by atoms with van der Waals surface area (Å²) >= 11 is 0. The molecule has 9 nitrogen and oxygen atoms in total. The maximum absolute atomic E-state index is 13.1. The van der Waals surface area contributed by atoms with Crippen LogP contribution in [0.15, 0.2) is 42.7 Å². The minimum Gasteiger partial charge on any atom is -0.484 e. The number of nitrogens with one attached hydrogen (secondary N) is 1. The van der Waals surface area contributed by atoms with Gasteiger partial charge in [0, 0.05) is 56.2 Å². The summed E-state index contributed by atoms with van der Waals surface area (Å²) in [5.74, 6) is 1.47.